The van der Waals surface area contributed by atoms with Crippen molar-refractivity contribution in [1.82, 2.24) is 14.5 Å². The molecule has 5 rings (SSSR count). The van der Waals surface area contributed by atoms with Crippen molar-refractivity contribution in [3.63, 3.8) is 0 Å². The number of hydrogen-bond donors (Lipinski definition) is 0. The zero-order valence-corrected chi connectivity index (χ0v) is 18.4. The second-order valence-electron chi connectivity index (χ2n) is 8.04. The number of aryl methyl sites for hydroxylation is 2. The summed E-state index contributed by atoms with van der Waals surface area (Å²) in [5, 5.41) is 12.4. The maximum atomic E-state index is 11.3. The molecule has 2 heterocycles. The van der Waals surface area contributed by atoms with Crippen molar-refractivity contribution in [3.05, 3.63) is 107 Å². The van der Waals surface area contributed by atoms with E-state index in [4.69, 9.17) is 0 Å². The summed E-state index contributed by atoms with van der Waals surface area (Å²) in [6.45, 7) is 4.14. The van der Waals surface area contributed by atoms with Crippen LogP contribution in [0.1, 0.15) is 18.2 Å². The minimum Gasteiger partial charge on any atom is -0.300 e. The van der Waals surface area contributed by atoms with E-state index < -0.39 is 0 Å². The molecule has 0 radical (unpaired) electrons. The van der Waals surface area contributed by atoms with E-state index in [9.17, 15) is 10.1 Å². The average molecular weight is 434 g/mol. The van der Waals surface area contributed by atoms with Crippen LogP contribution in [0.25, 0.3) is 39.0 Å². The summed E-state index contributed by atoms with van der Waals surface area (Å²) >= 11 is 0. The molecule has 6 heteroatoms. The van der Waals surface area contributed by atoms with Crippen LogP contribution < -0.4 is 0 Å². The first-order chi connectivity index (χ1) is 16.0. The Morgan fingerprint density at radius 2 is 1.67 bits per heavy atom. The first-order valence-electron chi connectivity index (χ1n) is 10.8. The van der Waals surface area contributed by atoms with Crippen molar-refractivity contribution >= 4 is 16.6 Å². The lowest BCUT2D eigenvalue weighted by atomic mass is 10.00. The van der Waals surface area contributed by atoms with E-state index in [1.807, 2.05) is 18.2 Å². The van der Waals surface area contributed by atoms with E-state index in [1.165, 1.54) is 11.6 Å². The van der Waals surface area contributed by atoms with Gasteiger partial charge in [-0.05, 0) is 36.1 Å². The van der Waals surface area contributed by atoms with Gasteiger partial charge in [-0.15, -0.1) is 0 Å². The van der Waals surface area contributed by atoms with Crippen LogP contribution >= 0.6 is 0 Å². The lowest BCUT2D eigenvalue weighted by Crippen LogP contribution is -1.99. The van der Waals surface area contributed by atoms with Crippen LogP contribution in [0.5, 0.6) is 0 Å². The first-order valence-corrected chi connectivity index (χ1v) is 10.8. The summed E-state index contributed by atoms with van der Waals surface area (Å²) < 4.78 is 2.08. The number of rotatable bonds is 5. The normalized spacial score (nSPS) is 11.1. The molecule has 0 saturated carbocycles. The number of benzene rings is 3. The molecular formula is C27H22N4O2. The number of nitro benzene ring substituents is 1. The Morgan fingerprint density at radius 3 is 2.42 bits per heavy atom. The molecule has 0 saturated heterocycles. The van der Waals surface area contributed by atoms with E-state index in [2.05, 4.69) is 71.0 Å². The SMILES string of the molecule is CCc1cc(-n2cc(-c3ccc(C)cc3)c3ccc(-c4cccc([N+](=O)[O-])c4)cc32)ncn1. The highest BCUT2D eigenvalue weighted by atomic mass is 16.6. The quantitative estimate of drug-likeness (QED) is 0.233. The highest BCUT2D eigenvalue weighted by molar-refractivity contribution is 5.99. The van der Waals surface area contributed by atoms with Gasteiger partial charge in [-0.25, -0.2) is 9.97 Å². The zero-order valence-electron chi connectivity index (χ0n) is 18.4. The number of aromatic nitrogens is 3. The average Bonchev–Trinajstić information content (AvgIpc) is 3.23. The molecule has 162 valence electrons. The van der Waals surface area contributed by atoms with Crippen LogP contribution in [-0.2, 0) is 6.42 Å². The Kier molecular flexibility index (Phi) is 5.18. The summed E-state index contributed by atoms with van der Waals surface area (Å²) in [7, 11) is 0. The molecule has 0 fully saturated rings. The van der Waals surface area contributed by atoms with Crippen LogP contribution in [0.3, 0.4) is 0 Å². The van der Waals surface area contributed by atoms with Crippen LogP contribution in [0.15, 0.2) is 85.3 Å². The molecule has 0 bridgehead atoms. The van der Waals surface area contributed by atoms with Gasteiger partial charge in [0.1, 0.15) is 12.1 Å². The van der Waals surface area contributed by atoms with Gasteiger partial charge in [0.15, 0.2) is 0 Å². The topological polar surface area (TPSA) is 73.8 Å². The zero-order chi connectivity index (χ0) is 22.9. The Balaban J connectivity index is 1.74. The molecule has 6 nitrogen and oxygen atoms in total. The standard InChI is InChI=1S/C27H22N4O2/c1-3-22-15-27(29-17-28-22)30-16-25(19-9-7-18(2)8-10-19)24-12-11-21(14-26(24)30)20-5-4-6-23(13-20)31(32)33/h4-17H,3H2,1-2H3. The van der Waals surface area contributed by atoms with Crippen molar-refractivity contribution in [2.75, 3.05) is 0 Å². The fraction of sp³-hybridized carbons (Fsp3) is 0.111. The van der Waals surface area contributed by atoms with E-state index in [0.29, 0.717) is 0 Å². The first kappa shape index (κ1) is 20.6. The summed E-state index contributed by atoms with van der Waals surface area (Å²) in [6.07, 6.45) is 4.52. The number of nitro groups is 1. The lowest BCUT2D eigenvalue weighted by Gasteiger charge is -2.07. The van der Waals surface area contributed by atoms with Crippen LogP contribution in [0, 0.1) is 17.0 Å². The Morgan fingerprint density at radius 1 is 0.909 bits per heavy atom. The van der Waals surface area contributed by atoms with Crippen molar-refractivity contribution in [1.29, 1.82) is 0 Å². The van der Waals surface area contributed by atoms with Crippen molar-refractivity contribution in [2.45, 2.75) is 20.3 Å². The second-order valence-corrected chi connectivity index (χ2v) is 8.04. The van der Waals surface area contributed by atoms with Gasteiger partial charge in [0.2, 0.25) is 0 Å². The Labute approximate surface area is 191 Å². The van der Waals surface area contributed by atoms with Crippen LogP contribution in [0.2, 0.25) is 0 Å². The van der Waals surface area contributed by atoms with Crippen molar-refractivity contribution in [3.8, 4) is 28.1 Å². The van der Waals surface area contributed by atoms with Gasteiger partial charge < -0.3 is 4.57 Å². The molecule has 0 aliphatic rings. The summed E-state index contributed by atoms with van der Waals surface area (Å²) in [5.74, 6) is 0.793. The number of hydrogen-bond acceptors (Lipinski definition) is 4. The molecule has 0 spiro atoms. The van der Waals surface area contributed by atoms with Gasteiger partial charge in [-0.1, -0.05) is 61.0 Å². The number of nitrogens with zero attached hydrogens (tertiary/aromatic N) is 4. The van der Waals surface area contributed by atoms with Gasteiger partial charge in [0.05, 0.1) is 10.4 Å². The maximum absolute atomic E-state index is 11.3. The molecule has 3 aromatic carbocycles. The molecule has 0 amide bonds. The minimum absolute atomic E-state index is 0.0757. The Bertz CT molecular complexity index is 1490. The predicted octanol–water partition coefficient (Wildman–Crippen LogP) is 6.53. The van der Waals surface area contributed by atoms with Gasteiger partial charge >= 0.3 is 0 Å². The van der Waals surface area contributed by atoms with Gasteiger partial charge in [0, 0.05) is 41.0 Å². The molecule has 0 aliphatic carbocycles. The van der Waals surface area contributed by atoms with Crippen molar-refractivity contribution in [2.24, 2.45) is 0 Å². The van der Waals surface area contributed by atoms with Crippen LogP contribution in [-0.4, -0.2) is 19.5 Å². The van der Waals surface area contributed by atoms with E-state index in [0.717, 1.165) is 51.1 Å². The molecule has 0 aliphatic heterocycles. The Hall–Kier alpha value is -4.32. The monoisotopic (exact) mass is 434 g/mol. The molecular weight excluding hydrogens is 412 g/mol. The fourth-order valence-corrected chi connectivity index (χ4v) is 4.07. The maximum Gasteiger partial charge on any atom is 0.270 e. The third-order valence-corrected chi connectivity index (χ3v) is 5.88. The van der Waals surface area contributed by atoms with Crippen LogP contribution in [0.4, 0.5) is 5.69 Å². The summed E-state index contributed by atoms with van der Waals surface area (Å²) in [5.41, 5.74) is 7.16. The predicted molar refractivity (Wildman–Crippen MR) is 131 cm³/mol. The summed E-state index contributed by atoms with van der Waals surface area (Å²) in [6, 6.07) is 23.3. The van der Waals surface area contributed by atoms with Crippen molar-refractivity contribution < 1.29 is 4.92 Å². The third-order valence-electron chi connectivity index (χ3n) is 5.88. The number of non-ortho nitro benzene ring substituents is 1. The van der Waals surface area contributed by atoms with Gasteiger partial charge in [-0.2, -0.15) is 0 Å². The van der Waals surface area contributed by atoms with Gasteiger partial charge in [0.25, 0.3) is 5.69 Å². The molecule has 0 N–H and O–H groups in total. The molecule has 0 unspecified atom stereocenters. The number of fused-ring (bicyclic) bond motifs is 1. The van der Waals surface area contributed by atoms with E-state index in [-0.39, 0.29) is 10.6 Å². The lowest BCUT2D eigenvalue weighted by molar-refractivity contribution is -0.384. The van der Waals surface area contributed by atoms with Gasteiger partial charge in [-0.3, -0.25) is 10.1 Å². The molecule has 2 aromatic heterocycles. The molecule has 0 atom stereocenters. The second kappa shape index (κ2) is 8.31. The third kappa shape index (κ3) is 3.87. The van der Waals surface area contributed by atoms with E-state index in [1.54, 1.807) is 18.5 Å². The molecule has 33 heavy (non-hydrogen) atoms. The van der Waals surface area contributed by atoms with E-state index >= 15 is 0 Å². The fourth-order valence-electron chi connectivity index (χ4n) is 4.07. The smallest absolute Gasteiger partial charge is 0.270 e. The summed E-state index contributed by atoms with van der Waals surface area (Å²) in [4.78, 5) is 19.8. The minimum atomic E-state index is -0.368. The highest BCUT2D eigenvalue weighted by Crippen LogP contribution is 2.35. The largest absolute Gasteiger partial charge is 0.300 e. The molecule has 5 aromatic rings. The highest BCUT2D eigenvalue weighted by Gasteiger charge is 2.15.